The highest BCUT2D eigenvalue weighted by Gasteiger charge is 2.25. The summed E-state index contributed by atoms with van der Waals surface area (Å²) in [6.07, 6.45) is 3.13. The second-order valence-corrected chi connectivity index (χ2v) is 5.04. The van der Waals surface area contributed by atoms with Gasteiger partial charge in [0.25, 0.3) is 0 Å². The number of hydrogen-bond acceptors (Lipinski definition) is 5. The first-order chi connectivity index (χ1) is 7.97. The first-order valence-corrected chi connectivity index (χ1v) is 5.47. The lowest BCUT2D eigenvalue weighted by Crippen LogP contribution is -2.28. The summed E-state index contributed by atoms with van der Waals surface area (Å²) in [5, 5.41) is 13.7. The molecule has 0 aliphatic heterocycles. The molecule has 2 aromatic rings. The van der Waals surface area contributed by atoms with Crippen molar-refractivity contribution in [1.29, 1.82) is 0 Å². The van der Waals surface area contributed by atoms with Crippen LogP contribution in [0.15, 0.2) is 16.9 Å². The SMILES string of the molecule is CC(C)(C)C(O)Cc1nc(-c2ncc[nH]2)no1. The Kier molecular flexibility index (Phi) is 2.97. The number of rotatable bonds is 3. The van der Waals surface area contributed by atoms with Crippen molar-refractivity contribution < 1.29 is 9.63 Å². The molecule has 0 saturated heterocycles. The van der Waals surface area contributed by atoms with Crippen LogP contribution in [0.4, 0.5) is 0 Å². The number of aromatic nitrogens is 4. The molecule has 0 amide bonds. The van der Waals surface area contributed by atoms with Crippen LogP contribution in [0.3, 0.4) is 0 Å². The predicted octanol–water partition coefficient (Wildman–Crippen LogP) is 1.41. The normalized spacial score (nSPS) is 13.9. The zero-order valence-electron chi connectivity index (χ0n) is 10.1. The van der Waals surface area contributed by atoms with Gasteiger partial charge >= 0.3 is 0 Å². The molecule has 0 aromatic carbocycles. The zero-order chi connectivity index (χ0) is 12.5. The van der Waals surface area contributed by atoms with Crippen LogP contribution in [0.2, 0.25) is 0 Å². The molecular weight excluding hydrogens is 220 g/mol. The molecule has 6 heteroatoms. The molecule has 92 valence electrons. The van der Waals surface area contributed by atoms with Crippen LogP contribution in [0.25, 0.3) is 11.6 Å². The molecule has 6 nitrogen and oxygen atoms in total. The van der Waals surface area contributed by atoms with Gasteiger partial charge in [0.15, 0.2) is 5.82 Å². The summed E-state index contributed by atoms with van der Waals surface area (Å²) in [4.78, 5) is 11.1. The van der Waals surface area contributed by atoms with Crippen molar-refractivity contribution in [1.82, 2.24) is 20.1 Å². The maximum atomic E-state index is 9.93. The summed E-state index contributed by atoms with van der Waals surface area (Å²) in [5.74, 6) is 1.38. The number of aliphatic hydroxyl groups is 1. The van der Waals surface area contributed by atoms with Gasteiger partial charge in [0.05, 0.1) is 12.5 Å². The molecule has 2 N–H and O–H groups in total. The van der Waals surface area contributed by atoms with E-state index >= 15 is 0 Å². The Hall–Kier alpha value is -1.69. The molecule has 0 aliphatic rings. The van der Waals surface area contributed by atoms with Gasteiger partial charge in [-0.05, 0) is 5.41 Å². The van der Waals surface area contributed by atoms with E-state index in [1.54, 1.807) is 12.4 Å². The molecule has 0 saturated carbocycles. The van der Waals surface area contributed by atoms with Gasteiger partial charge in [0.2, 0.25) is 11.7 Å². The fourth-order valence-electron chi connectivity index (χ4n) is 1.29. The van der Waals surface area contributed by atoms with E-state index in [2.05, 4.69) is 20.1 Å². The molecule has 0 spiro atoms. The van der Waals surface area contributed by atoms with Crippen molar-refractivity contribution in [3.8, 4) is 11.6 Å². The monoisotopic (exact) mass is 236 g/mol. The maximum Gasteiger partial charge on any atom is 0.238 e. The topological polar surface area (TPSA) is 87.8 Å². The van der Waals surface area contributed by atoms with E-state index in [9.17, 15) is 5.11 Å². The second kappa shape index (κ2) is 4.29. The molecule has 0 bridgehead atoms. The molecular formula is C11H16N4O2. The highest BCUT2D eigenvalue weighted by atomic mass is 16.5. The largest absolute Gasteiger partial charge is 0.392 e. The third kappa shape index (κ3) is 2.71. The Bertz CT molecular complexity index is 470. The fourth-order valence-corrected chi connectivity index (χ4v) is 1.29. The second-order valence-electron chi connectivity index (χ2n) is 5.04. The Morgan fingerprint density at radius 1 is 1.47 bits per heavy atom. The van der Waals surface area contributed by atoms with E-state index in [4.69, 9.17) is 4.52 Å². The van der Waals surface area contributed by atoms with Gasteiger partial charge in [-0.3, -0.25) is 0 Å². The molecule has 17 heavy (non-hydrogen) atoms. The van der Waals surface area contributed by atoms with Crippen molar-refractivity contribution in [3.05, 3.63) is 18.3 Å². The quantitative estimate of drug-likeness (QED) is 0.841. The Labute approximate surface area is 99.1 Å². The predicted molar refractivity (Wildman–Crippen MR) is 61.0 cm³/mol. The Morgan fingerprint density at radius 2 is 2.24 bits per heavy atom. The van der Waals surface area contributed by atoms with E-state index in [-0.39, 0.29) is 5.41 Å². The van der Waals surface area contributed by atoms with E-state index in [0.29, 0.717) is 24.0 Å². The van der Waals surface area contributed by atoms with Crippen molar-refractivity contribution in [3.63, 3.8) is 0 Å². The molecule has 1 unspecified atom stereocenters. The van der Waals surface area contributed by atoms with Gasteiger partial charge in [-0.2, -0.15) is 4.98 Å². The number of nitrogens with one attached hydrogen (secondary N) is 1. The molecule has 2 heterocycles. The average Bonchev–Trinajstić information content (AvgIpc) is 2.83. The van der Waals surface area contributed by atoms with Crippen LogP contribution in [0.5, 0.6) is 0 Å². The van der Waals surface area contributed by atoms with Crippen LogP contribution < -0.4 is 0 Å². The number of nitrogens with zero attached hydrogens (tertiary/aromatic N) is 3. The molecule has 1 atom stereocenters. The van der Waals surface area contributed by atoms with E-state index in [1.165, 1.54) is 0 Å². The van der Waals surface area contributed by atoms with E-state index in [0.717, 1.165) is 0 Å². The zero-order valence-corrected chi connectivity index (χ0v) is 10.1. The summed E-state index contributed by atoms with van der Waals surface area (Å²) in [7, 11) is 0. The van der Waals surface area contributed by atoms with Crippen molar-refractivity contribution in [2.24, 2.45) is 5.41 Å². The van der Waals surface area contributed by atoms with Gasteiger partial charge in [0.1, 0.15) is 0 Å². The highest BCUT2D eigenvalue weighted by Crippen LogP contribution is 2.22. The highest BCUT2D eigenvalue weighted by molar-refractivity contribution is 5.40. The van der Waals surface area contributed by atoms with Crippen LogP contribution in [-0.4, -0.2) is 31.3 Å². The first-order valence-electron chi connectivity index (χ1n) is 5.47. The van der Waals surface area contributed by atoms with Crippen LogP contribution >= 0.6 is 0 Å². The first kappa shape index (κ1) is 11.8. The summed E-state index contributed by atoms with van der Waals surface area (Å²) in [5.41, 5.74) is -0.209. The average molecular weight is 236 g/mol. The molecule has 2 aromatic heterocycles. The number of aromatic amines is 1. The molecule has 0 aliphatic carbocycles. The lowest BCUT2D eigenvalue weighted by molar-refractivity contribution is 0.0565. The minimum atomic E-state index is -0.521. The van der Waals surface area contributed by atoms with Crippen molar-refractivity contribution in [2.75, 3.05) is 0 Å². The third-order valence-corrected chi connectivity index (χ3v) is 2.55. The maximum absolute atomic E-state index is 9.93. The van der Waals surface area contributed by atoms with E-state index < -0.39 is 6.10 Å². The summed E-state index contributed by atoms with van der Waals surface area (Å²) in [6, 6.07) is 0. The van der Waals surface area contributed by atoms with Gasteiger partial charge in [0, 0.05) is 12.4 Å². The Morgan fingerprint density at radius 3 is 2.82 bits per heavy atom. The standard InChI is InChI=1S/C11H16N4O2/c1-11(2,3)7(16)6-8-14-10(15-17-8)9-12-4-5-13-9/h4-5,7,16H,6H2,1-3H3,(H,12,13). The number of H-pyrrole nitrogens is 1. The number of imidazole rings is 1. The summed E-state index contributed by atoms with van der Waals surface area (Å²) >= 11 is 0. The van der Waals surface area contributed by atoms with Crippen molar-refractivity contribution in [2.45, 2.75) is 33.3 Å². The smallest absolute Gasteiger partial charge is 0.238 e. The van der Waals surface area contributed by atoms with Crippen LogP contribution in [0, 0.1) is 5.41 Å². The van der Waals surface area contributed by atoms with Crippen molar-refractivity contribution >= 4 is 0 Å². The molecule has 2 rings (SSSR count). The lowest BCUT2D eigenvalue weighted by Gasteiger charge is -2.24. The fraction of sp³-hybridized carbons (Fsp3) is 0.545. The third-order valence-electron chi connectivity index (χ3n) is 2.55. The van der Waals surface area contributed by atoms with E-state index in [1.807, 2.05) is 20.8 Å². The minimum Gasteiger partial charge on any atom is -0.392 e. The van der Waals surface area contributed by atoms with Crippen LogP contribution in [0.1, 0.15) is 26.7 Å². The summed E-state index contributed by atoms with van der Waals surface area (Å²) in [6.45, 7) is 5.88. The lowest BCUT2D eigenvalue weighted by atomic mass is 9.87. The van der Waals surface area contributed by atoms with Crippen LogP contribution in [-0.2, 0) is 6.42 Å². The summed E-state index contributed by atoms with van der Waals surface area (Å²) < 4.78 is 5.07. The number of aliphatic hydroxyl groups excluding tert-OH is 1. The number of hydrogen-bond donors (Lipinski definition) is 2. The van der Waals surface area contributed by atoms with Gasteiger partial charge in [-0.15, -0.1) is 0 Å². The molecule has 0 fully saturated rings. The van der Waals surface area contributed by atoms with Gasteiger partial charge < -0.3 is 14.6 Å². The Balaban J connectivity index is 2.09. The minimum absolute atomic E-state index is 0.209. The van der Waals surface area contributed by atoms with Gasteiger partial charge in [-0.1, -0.05) is 25.9 Å². The van der Waals surface area contributed by atoms with Gasteiger partial charge in [-0.25, -0.2) is 4.98 Å². The molecule has 0 radical (unpaired) electrons.